The summed E-state index contributed by atoms with van der Waals surface area (Å²) in [6, 6.07) is 6.20. The molecule has 0 bridgehead atoms. The normalized spacial score (nSPS) is 11.2. The Hall–Kier alpha value is -1.95. The van der Waals surface area contributed by atoms with Gasteiger partial charge in [-0.05, 0) is 20.8 Å². The molecule has 0 saturated heterocycles. The van der Waals surface area contributed by atoms with Gasteiger partial charge in [-0.3, -0.25) is 14.9 Å². The number of hydrogen-bond donors (Lipinski definition) is 1. The van der Waals surface area contributed by atoms with Gasteiger partial charge >= 0.3 is 0 Å². The molecule has 0 fully saturated rings. The number of benzene rings is 1. The molecular weight excluding hydrogens is 260 g/mol. The molecule has 0 saturated carbocycles. The summed E-state index contributed by atoms with van der Waals surface area (Å²) >= 11 is 0. The summed E-state index contributed by atoms with van der Waals surface area (Å²) < 4.78 is 0. The van der Waals surface area contributed by atoms with Crippen molar-refractivity contribution < 1.29 is 14.8 Å². The van der Waals surface area contributed by atoms with E-state index in [2.05, 4.69) is 0 Å². The molecule has 6 nitrogen and oxygen atoms in total. The van der Waals surface area contributed by atoms with E-state index in [1.165, 1.54) is 11.0 Å². The van der Waals surface area contributed by atoms with Crippen LogP contribution in [-0.4, -0.2) is 39.5 Å². The van der Waals surface area contributed by atoms with E-state index in [9.17, 15) is 20.0 Å². The number of nitro groups is 1. The van der Waals surface area contributed by atoms with E-state index in [-0.39, 0.29) is 24.6 Å². The maximum Gasteiger partial charge on any atom is 0.273 e. The number of nitro benzene ring substituents is 1. The highest BCUT2D eigenvalue weighted by Crippen LogP contribution is 2.19. The summed E-state index contributed by atoms with van der Waals surface area (Å²) in [7, 11) is 0. The van der Waals surface area contributed by atoms with Crippen molar-refractivity contribution in [2.75, 3.05) is 13.1 Å². The summed E-state index contributed by atoms with van der Waals surface area (Å²) in [6.45, 7) is 5.69. The summed E-state index contributed by atoms with van der Waals surface area (Å²) in [5, 5.41) is 20.7. The van der Waals surface area contributed by atoms with Crippen molar-refractivity contribution in [3.63, 3.8) is 0 Å². The van der Waals surface area contributed by atoms with Gasteiger partial charge < -0.3 is 10.0 Å². The van der Waals surface area contributed by atoms with Gasteiger partial charge in [-0.15, -0.1) is 0 Å². The Kier molecular flexibility index (Phi) is 5.21. The van der Waals surface area contributed by atoms with Crippen LogP contribution in [0.25, 0.3) is 0 Å². The van der Waals surface area contributed by atoms with Crippen LogP contribution in [0, 0.1) is 10.1 Å². The number of amides is 1. The molecule has 20 heavy (non-hydrogen) atoms. The minimum absolute atomic E-state index is 0.0406. The van der Waals surface area contributed by atoms with Crippen LogP contribution >= 0.6 is 0 Å². The molecule has 110 valence electrons. The van der Waals surface area contributed by atoms with E-state index in [1.54, 1.807) is 32.0 Å². The zero-order valence-electron chi connectivity index (χ0n) is 12.0. The molecule has 0 aliphatic rings. The minimum Gasteiger partial charge on any atom is -0.389 e. The molecule has 1 amide bonds. The zero-order chi connectivity index (χ0) is 15.3. The van der Waals surface area contributed by atoms with Crippen LogP contribution in [0.5, 0.6) is 0 Å². The van der Waals surface area contributed by atoms with Crippen LogP contribution < -0.4 is 0 Å². The first kappa shape index (κ1) is 16.1. The molecule has 1 aromatic rings. The van der Waals surface area contributed by atoms with Gasteiger partial charge in [0.1, 0.15) is 0 Å². The predicted molar refractivity (Wildman–Crippen MR) is 75.4 cm³/mol. The SMILES string of the molecule is CCN(CC(C)(C)O)C(=O)Cc1ccccc1[N+](=O)[O-]. The minimum atomic E-state index is -0.992. The first-order valence-corrected chi connectivity index (χ1v) is 6.47. The first-order valence-electron chi connectivity index (χ1n) is 6.47. The third-order valence-corrected chi connectivity index (χ3v) is 2.84. The van der Waals surface area contributed by atoms with Gasteiger partial charge in [0.2, 0.25) is 5.91 Å². The molecule has 0 unspecified atom stereocenters. The number of carbonyl (C=O) groups excluding carboxylic acids is 1. The molecule has 0 aliphatic carbocycles. The van der Waals surface area contributed by atoms with Crippen molar-refractivity contribution in [3.05, 3.63) is 39.9 Å². The van der Waals surface area contributed by atoms with Crippen molar-refractivity contribution in [3.8, 4) is 0 Å². The third-order valence-electron chi connectivity index (χ3n) is 2.84. The highest BCUT2D eigenvalue weighted by Gasteiger charge is 2.23. The largest absolute Gasteiger partial charge is 0.389 e. The standard InChI is InChI=1S/C14H20N2O4/c1-4-15(10-14(2,3)18)13(17)9-11-7-5-6-8-12(11)16(19)20/h5-8,18H,4,9-10H2,1-3H3. The average Bonchev–Trinajstić information content (AvgIpc) is 2.35. The number of nitrogens with zero attached hydrogens (tertiary/aromatic N) is 2. The Morgan fingerprint density at radius 2 is 2.00 bits per heavy atom. The van der Waals surface area contributed by atoms with Crippen LogP contribution in [0.2, 0.25) is 0 Å². The zero-order valence-corrected chi connectivity index (χ0v) is 12.0. The van der Waals surface area contributed by atoms with Crippen LogP contribution in [0.3, 0.4) is 0 Å². The van der Waals surface area contributed by atoms with E-state index in [0.717, 1.165) is 0 Å². The van der Waals surface area contributed by atoms with Gasteiger partial charge in [0.15, 0.2) is 0 Å². The molecular formula is C14H20N2O4. The fraction of sp³-hybridized carbons (Fsp3) is 0.500. The van der Waals surface area contributed by atoms with E-state index < -0.39 is 10.5 Å². The summed E-state index contributed by atoms with van der Waals surface area (Å²) in [4.78, 5) is 24.1. The summed E-state index contributed by atoms with van der Waals surface area (Å²) in [5.41, 5.74) is -0.661. The van der Waals surface area contributed by atoms with Crippen molar-refractivity contribution in [2.24, 2.45) is 0 Å². The molecule has 0 heterocycles. The number of aliphatic hydroxyl groups is 1. The van der Waals surface area contributed by atoms with Gasteiger partial charge in [-0.25, -0.2) is 0 Å². The fourth-order valence-electron chi connectivity index (χ4n) is 1.96. The number of rotatable bonds is 6. The van der Waals surface area contributed by atoms with E-state index in [1.807, 2.05) is 6.92 Å². The van der Waals surface area contributed by atoms with Crippen molar-refractivity contribution in [1.29, 1.82) is 0 Å². The number of likely N-dealkylation sites (N-methyl/N-ethyl adjacent to an activating group) is 1. The lowest BCUT2D eigenvalue weighted by Crippen LogP contribution is -2.42. The molecule has 1 N–H and O–H groups in total. The summed E-state index contributed by atoms with van der Waals surface area (Å²) in [5.74, 6) is -0.232. The Balaban J connectivity index is 2.87. The Labute approximate surface area is 118 Å². The lowest BCUT2D eigenvalue weighted by molar-refractivity contribution is -0.385. The second kappa shape index (κ2) is 6.47. The van der Waals surface area contributed by atoms with Crippen LogP contribution in [0.1, 0.15) is 26.3 Å². The van der Waals surface area contributed by atoms with Crippen molar-refractivity contribution in [1.82, 2.24) is 4.90 Å². The monoisotopic (exact) mass is 280 g/mol. The van der Waals surface area contributed by atoms with Crippen molar-refractivity contribution in [2.45, 2.75) is 32.8 Å². The highest BCUT2D eigenvalue weighted by atomic mass is 16.6. The molecule has 1 aromatic carbocycles. The summed E-state index contributed by atoms with van der Waals surface area (Å²) in [6.07, 6.45) is -0.0406. The van der Waals surface area contributed by atoms with Crippen LogP contribution in [-0.2, 0) is 11.2 Å². The molecule has 0 aromatic heterocycles. The lowest BCUT2D eigenvalue weighted by Gasteiger charge is -2.28. The van der Waals surface area contributed by atoms with E-state index in [4.69, 9.17) is 0 Å². The van der Waals surface area contributed by atoms with Gasteiger partial charge in [-0.1, -0.05) is 18.2 Å². The average molecular weight is 280 g/mol. The Morgan fingerprint density at radius 1 is 1.40 bits per heavy atom. The number of carbonyl (C=O) groups is 1. The molecule has 6 heteroatoms. The smallest absolute Gasteiger partial charge is 0.273 e. The molecule has 0 aliphatic heterocycles. The number of para-hydroxylation sites is 1. The van der Waals surface area contributed by atoms with Gasteiger partial charge in [-0.2, -0.15) is 0 Å². The maximum atomic E-state index is 12.2. The lowest BCUT2D eigenvalue weighted by atomic mass is 10.1. The molecule has 0 atom stereocenters. The van der Waals surface area contributed by atoms with E-state index in [0.29, 0.717) is 12.1 Å². The third kappa shape index (κ3) is 4.62. The molecule has 1 rings (SSSR count). The molecule has 0 radical (unpaired) electrons. The van der Waals surface area contributed by atoms with Crippen molar-refractivity contribution >= 4 is 11.6 Å². The first-order chi connectivity index (χ1) is 9.24. The second-order valence-corrected chi connectivity index (χ2v) is 5.28. The van der Waals surface area contributed by atoms with Gasteiger partial charge in [0, 0.05) is 24.7 Å². The van der Waals surface area contributed by atoms with Crippen LogP contribution in [0.4, 0.5) is 5.69 Å². The van der Waals surface area contributed by atoms with E-state index >= 15 is 0 Å². The van der Waals surface area contributed by atoms with Gasteiger partial charge in [0.05, 0.1) is 16.9 Å². The quantitative estimate of drug-likeness (QED) is 0.635. The van der Waals surface area contributed by atoms with Gasteiger partial charge in [0.25, 0.3) is 5.69 Å². The Morgan fingerprint density at radius 3 is 2.50 bits per heavy atom. The fourth-order valence-corrected chi connectivity index (χ4v) is 1.96. The van der Waals surface area contributed by atoms with Crippen LogP contribution in [0.15, 0.2) is 24.3 Å². The topological polar surface area (TPSA) is 83.7 Å². The molecule has 0 spiro atoms. The second-order valence-electron chi connectivity index (χ2n) is 5.28. The predicted octanol–water partition coefficient (Wildman–Crippen LogP) is 1.76. The Bertz CT molecular complexity index is 494. The maximum absolute atomic E-state index is 12.2. The number of hydrogen-bond acceptors (Lipinski definition) is 4. The highest BCUT2D eigenvalue weighted by molar-refractivity contribution is 5.80.